The zero-order valence-corrected chi connectivity index (χ0v) is 13.8. The van der Waals surface area contributed by atoms with E-state index in [0.717, 1.165) is 5.56 Å². The van der Waals surface area contributed by atoms with Gasteiger partial charge in [0.15, 0.2) is 11.5 Å². The number of halogens is 1. The van der Waals surface area contributed by atoms with E-state index in [0.29, 0.717) is 28.5 Å². The largest absolute Gasteiger partial charge is 0.609 e. The van der Waals surface area contributed by atoms with Crippen molar-refractivity contribution in [1.82, 2.24) is 19.5 Å². The Balaban J connectivity index is 2.12. The lowest BCUT2D eigenvalue weighted by Gasteiger charge is -2.07. The van der Waals surface area contributed by atoms with Gasteiger partial charge in [-0.3, -0.25) is 4.57 Å². The molecule has 0 aliphatic rings. The van der Waals surface area contributed by atoms with Crippen LogP contribution in [-0.4, -0.2) is 29.8 Å². The van der Waals surface area contributed by atoms with Crippen LogP contribution in [0.5, 0.6) is 0 Å². The lowest BCUT2D eigenvalue weighted by molar-refractivity contribution is 0.587. The lowest BCUT2D eigenvalue weighted by Crippen LogP contribution is -2.18. The normalized spacial score (nSPS) is 12.7. The number of imidazole rings is 1. The van der Waals surface area contributed by atoms with Crippen LogP contribution in [0.1, 0.15) is 12.5 Å². The van der Waals surface area contributed by atoms with Gasteiger partial charge in [0.05, 0.1) is 6.54 Å². The van der Waals surface area contributed by atoms with Gasteiger partial charge >= 0.3 is 10.8 Å². The second kappa shape index (κ2) is 6.23. The minimum Gasteiger partial charge on any atom is -0.609 e. The minimum absolute atomic E-state index is 0.110. The highest BCUT2D eigenvalue weighted by Crippen LogP contribution is 2.18. The summed E-state index contributed by atoms with van der Waals surface area (Å²) in [6, 6.07) is 7.14. The summed E-state index contributed by atoms with van der Waals surface area (Å²) in [5.74, 6) is 0.482. The fourth-order valence-electron chi connectivity index (χ4n) is 2.18. The van der Waals surface area contributed by atoms with Crippen LogP contribution in [0, 0.1) is 0 Å². The molecule has 3 rings (SSSR count). The molecule has 0 saturated heterocycles. The van der Waals surface area contributed by atoms with Crippen LogP contribution >= 0.6 is 11.6 Å². The zero-order valence-electron chi connectivity index (χ0n) is 12.2. The third-order valence-corrected chi connectivity index (χ3v) is 4.72. The number of nitrogens with two attached hydrogens (primary N) is 1. The van der Waals surface area contributed by atoms with Crippen molar-refractivity contribution >= 4 is 39.8 Å². The molecule has 23 heavy (non-hydrogen) atoms. The van der Waals surface area contributed by atoms with E-state index in [1.54, 1.807) is 19.1 Å². The third kappa shape index (κ3) is 3.05. The Morgan fingerprint density at radius 2 is 2.04 bits per heavy atom. The minimum atomic E-state index is -1.35. The molecule has 3 N–H and O–H groups in total. The molecule has 0 spiro atoms. The number of nitrogens with zero attached hydrogens (tertiary/aromatic N) is 3. The zero-order chi connectivity index (χ0) is 16.6. The van der Waals surface area contributed by atoms with Crippen molar-refractivity contribution < 1.29 is 4.55 Å². The van der Waals surface area contributed by atoms with E-state index in [1.165, 1.54) is 4.57 Å². The van der Waals surface area contributed by atoms with Crippen LogP contribution < -0.4 is 11.4 Å². The van der Waals surface area contributed by atoms with E-state index in [-0.39, 0.29) is 16.7 Å². The first kappa shape index (κ1) is 15.9. The molecule has 1 aromatic carbocycles. The average molecular weight is 352 g/mol. The van der Waals surface area contributed by atoms with Gasteiger partial charge in [-0.15, -0.1) is 0 Å². The second-order valence-electron chi connectivity index (χ2n) is 4.87. The van der Waals surface area contributed by atoms with Gasteiger partial charge in [0.2, 0.25) is 0 Å². The highest BCUT2D eigenvalue weighted by molar-refractivity contribution is 7.91. The van der Waals surface area contributed by atoms with Crippen LogP contribution in [0.3, 0.4) is 0 Å². The molecule has 0 aliphatic heterocycles. The molecule has 0 amide bonds. The molecule has 0 saturated carbocycles. The maximum atomic E-state index is 12.2. The molecule has 0 bridgehead atoms. The summed E-state index contributed by atoms with van der Waals surface area (Å²) >= 11 is 4.51. The van der Waals surface area contributed by atoms with Crippen LogP contribution in [0.25, 0.3) is 11.2 Å². The average Bonchev–Trinajstić information content (AvgIpc) is 2.85. The molecular weight excluding hydrogens is 338 g/mol. The number of rotatable bonds is 4. The van der Waals surface area contributed by atoms with Gasteiger partial charge in [-0.25, -0.2) is 4.79 Å². The van der Waals surface area contributed by atoms with E-state index in [9.17, 15) is 9.35 Å². The predicted octanol–water partition coefficient (Wildman–Crippen LogP) is 1.53. The number of nitrogen functional groups attached to an aromatic ring is 1. The molecule has 0 fully saturated rings. The standard InChI is InChI=1S/C14H14ClN5O2S/c1-2-23(22)13-18-11(16)10-12(19-13)20(14(21)17-10)7-8-3-5-9(15)6-4-8/h3-6H,2,7H2,1H3,(H,17,21)(H2,16,18,19). The topological polar surface area (TPSA) is 113 Å². The first-order valence-corrected chi connectivity index (χ1v) is 8.58. The monoisotopic (exact) mass is 351 g/mol. The molecule has 1 unspecified atom stereocenters. The molecule has 2 heterocycles. The second-order valence-corrected chi connectivity index (χ2v) is 6.94. The van der Waals surface area contributed by atoms with E-state index in [2.05, 4.69) is 15.0 Å². The molecule has 3 aromatic rings. The highest BCUT2D eigenvalue weighted by atomic mass is 35.5. The lowest BCUT2D eigenvalue weighted by atomic mass is 10.2. The number of aromatic nitrogens is 4. The Labute approximate surface area is 139 Å². The summed E-state index contributed by atoms with van der Waals surface area (Å²) in [4.78, 5) is 23.1. The van der Waals surface area contributed by atoms with E-state index in [1.807, 2.05) is 12.1 Å². The Hall–Kier alpha value is -2.03. The number of anilines is 1. The van der Waals surface area contributed by atoms with Crippen molar-refractivity contribution in [2.45, 2.75) is 18.6 Å². The smallest absolute Gasteiger partial charge is 0.346 e. The number of H-pyrrole nitrogens is 1. The Bertz CT molecular complexity index is 906. The summed E-state index contributed by atoms with van der Waals surface area (Å²) in [6.07, 6.45) is 0. The van der Waals surface area contributed by atoms with Crippen molar-refractivity contribution in [3.63, 3.8) is 0 Å². The highest BCUT2D eigenvalue weighted by Gasteiger charge is 2.19. The number of nitrogens with one attached hydrogen (secondary N) is 1. The summed E-state index contributed by atoms with van der Waals surface area (Å²) < 4.78 is 13.4. The van der Waals surface area contributed by atoms with Crippen molar-refractivity contribution in [2.75, 3.05) is 11.5 Å². The molecule has 0 radical (unpaired) electrons. The Morgan fingerprint density at radius 1 is 1.35 bits per heavy atom. The fourth-order valence-corrected chi connectivity index (χ4v) is 2.95. The molecular formula is C14H14ClN5O2S. The maximum absolute atomic E-state index is 12.2. The molecule has 1 atom stereocenters. The van der Waals surface area contributed by atoms with Gasteiger partial charge in [0, 0.05) is 16.2 Å². The number of hydrogen-bond donors (Lipinski definition) is 2. The summed E-state index contributed by atoms with van der Waals surface area (Å²) in [5, 5.41) is 0.744. The number of aromatic amines is 1. The van der Waals surface area contributed by atoms with Crippen molar-refractivity contribution in [3.8, 4) is 0 Å². The van der Waals surface area contributed by atoms with E-state index < -0.39 is 11.2 Å². The quantitative estimate of drug-likeness (QED) is 0.546. The molecule has 9 heteroatoms. The van der Waals surface area contributed by atoms with Gasteiger partial charge in [-0.1, -0.05) is 23.7 Å². The van der Waals surface area contributed by atoms with E-state index in [4.69, 9.17) is 17.3 Å². The summed E-state index contributed by atoms with van der Waals surface area (Å²) in [6.45, 7) is 2.06. The first-order valence-electron chi connectivity index (χ1n) is 6.88. The SMILES string of the molecule is CC[S+]([O-])c1nc(N)c2[nH]c(=O)n(Cc3ccc(Cl)cc3)c2n1. The Kier molecular flexibility index (Phi) is 4.29. The van der Waals surface area contributed by atoms with Crippen LogP contribution in [-0.2, 0) is 17.7 Å². The summed E-state index contributed by atoms with van der Waals surface area (Å²) in [7, 11) is 0. The Morgan fingerprint density at radius 3 is 2.70 bits per heavy atom. The predicted molar refractivity (Wildman–Crippen MR) is 90.1 cm³/mol. The fraction of sp³-hybridized carbons (Fsp3) is 0.214. The number of hydrogen-bond acceptors (Lipinski definition) is 5. The third-order valence-electron chi connectivity index (χ3n) is 3.35. The summed E-state index contributed by atoms with van der Waals surface area (Å²) in [5.41, 5.74) is 7.08. The maximum Gasteiger partial charge on any atom is 0.346 e. The van der Waals surface area contributed by atoms with Gasteiger partial charge in [-0.05, 0) is 24.6 Å². The molecule has 7 nitrogen and oxygen atoms in total. The van der Waals surface area contributed by atoms with Gasteiger partial charge in [0.25, 0.3) is 0 Å². The van der Waals surface area contributed by atoms with Gasteiger partial charge in [-0.2, -0.15) is 9.97 Å². The van der Waals surface area contributed by atoms with Gasteiger partial charge < -0.3 is 15.3 Å². The first-order chi connectivity index (χ1) is 11.0. The van der Waals surface area contributed by atoms with Crippen molar-refractivity contribution in [3.05, 3.63) is 45.3 Å². The molecule has 2 aromatic heterocycles. The molecule has 0 aliphatic carbocycles. The molecule has 120 valence electrons. The van der Waals surface area contributed by atoms with E-state index >= 15 is 0 Å². The van der Waals surface area contributed by atoms with Crippen LogP contribution in [0.15, 0.2) is 34.2 Å². The van der Waals surface area contributed by atoms with Crippen LogP contribution in [0.4, 0.5) is 5.82 Å². The number of benzene rings is 1. The van der Waals surface area contributed by atoms with Crippen molar-refractivity contribution in [1.29, 1.82) is 0 Å². The number of fused-ring (bicyclic) bond motifs is 1. The van der Waals surface area contributed by atoms with Crippen molar-refractivity contribution in [2.24, 2.45) is 0 Å². The van der Waals surface area contributed by atoms with Gasteiger partial charge in [0.1, 0.15) is 11.3 Å². The van der Waals surface area contributed by atoms with Crippen LogP contribution in [0.2, 0.25) is 5.02 Å².